The second kappa shape index (κ2) is 11.6. The molecular weight excluding hydrogens is 514 g/mol. The van der Waals surface area contributed by atoms with Crippen molar-refractivity contribution in [2.45, 2.75) is 37.6 Å². The third-order valence-corrected chi connectivity index (χ3v) is 8.11. The molecule has 3 aliphatic rings. The van der Waals surface area contributed by atoms with Crippen LogP contribution in [0.1, 0.15) is 47.6 Å². The fraction of sp³-hybridized carbons (Fsp3) is 0.517. The molecule has 0 spiro atoms. The van der Waals surface area contributed by atoms with Crippen LogP contribution in [-0.4, -0.2) is 84.0 Å². The van der Waals surface area contributed by atoms with Crippen LogP contribution in [0.3, 0.4) is 0 Å². The number of rotatable bonds is 9. The van der Waals surface area contributed by atoms with Crippen molar-refractivity contribution < 1.29 is 13.6 Å². The number of aromatic nitrogens is 3. The summed E-state index contributed by atoms with van der Waals surface area (Å²) in [5, 5.41) is 10.5. The van der Waals surface area contributed by atoms with Crippen LogP contribution in [0.2, 0.25) is 0 Å². The highest BCUT2D eigenvalue weighted by Gasteiger charge is 2.37. The number of pyridine rings is 1. The Labute approximate surface area is 232 Å². The van der Waals surface area contributed by atoms with Crippen LogP contribution in [0.15, 0.2) is 42.7 Å². The Bertz CT molecular complexity index is 1320. The Kier molecular flexibility index (Phi) is 7.75. The highest BCUT2D eigenvalue weighted by Crippen LogP contribution is 2.32. The van der Waals surface area contributed by atoms with Crippen LogP contribution < -0.4 is 20.9 Å². The topological polar surface area (TPSA) is 98.3 Å². The molecule has 3 fully saturated rings. The number of carbonyl (C=O) groups is 1. The lowest BCUT2D eigenvalue weighted by molar-refractivity contribution is -0.0632. The molecule has 3 N–H and O–H groups in total. The minimum atomic E-state index is -2.66. The van der Waals surface area contributed by atoms with E-state index in [2.05, 4.69) is 30.8 Å². The zero-order valence-electron chi connectivity index (χ0n) is 22.6. The number of nitrogens with one attached hydrogen (secondary N) is 3. The number of halogens is 2. The van der Waals surface area contributed by atoms with Gasteiger partial charge in [-0.25, -0.2) is 23.7 Å². The van der Waals surface area contributed by atoms with E-state index in [0.717, 1.165) is 60.9 Å². The maximum Gasteiger partial charge on any atom is 0.252 e. The summed E-state index contributed by atoms with van der Waals surface area (Å²) < 4.78 is 27.9. The molecule has 2 aromatic heterocycles. The monoisotopic (exact) mass is 550 g/mol. The average Bonchev–Trinajstić information content (AvgIpc) is 3.82. The molecule has 9 nitrogen and oxygen atoms in total. The van der Waals surface area contributed by atoms with E-state index in [0.29, 0.717) is 11.5 Å². The fourth-order valence-corrected chi connectivity index (χ4v) is 5.46. The fourth-order valence-electron chi connectivity index (χ4n) is 5.46. The van der Waals surface area contributed by atoms with Crippen molar-refractivity contribution in [3.63, 3.8) is 0 Å². The number of anilines is 2. The number of carbonyl (C=O) groups excluding carboxylic acids is 1. The van der Waals surface area contributed by atoms with Gasteiger partial charge >= 0.3 is 0 Å². The summed E-state index contributed by atoms with van der Waals surface area (Å²) in [6.07, 6.45) is 5.65. The molecular formula is C29H36F2N8O. The first-order valence-electron chi connectivity index (χ1n) is 14.3. The molecule has 40 heavy (non-hydrogen) atoms. The van der Waals surface area contributed by atoms with Crippen molar-refractivity contribution in [3.8, 4) is 0 Å². The first kappa shape index (κ1) is 26.8. The number of piperidine rings is 1. The molecule has 3 aromatic rings. The molecule has 0 bridgehead atoms. The number of hydrogen-bond donors (Lipinski definition) is 3. The number of amides is 1. The molecule has 11 heteroatoms. The molecule has 0 radical (unpaired) electrons. The predicted molar refractivity (Wildman–Crippen MR) is 151 cm³/mol. The molecule has 1 atom stereocenters. The lowest BCUT2D eigenvalue weighted by Gasteiger charge is -2.37. The zero-order valence-corrected chi connectivity index (χ0v) is 22.6. The Morgan fingerprint density at radius 3 is 2.52 bits per heavy atom. The van der Waals surface area contributed by atoms with Crippen LogP contribution in [0.4, 0.5) is 20.5 Å². The Morgan fingerprint density at radius 2 is 1.80 bits per heavy atom. The van der Waals surface area contributed by atoms with Gasteiger partial charge in [0.2, 0.25) is 5.95 Å². The minimum Gasteiger partial charge on any atom is -0.370 e. The van der Waals surface area contributed by atoms with E-state index >= 15 is 0 Å². The van der Waals surface area contributed by atoms with Gasteiger partial charge in [0.15, 0.2) is 0 Å². The summed E-state index contributed by atoms with van der Waals surface area (Å²) in [5.41, 5.74) is 2.09. The standard InChI is InChI=1S/C29H36F2N8O/c30-29(31)8-12-38(13-9-29)25(21-17-35-28(36-18-21)39-14-10-32-11-15-39)19-34-27(40)23-2-1-3-24-22(23)6-7-26(37-24)33-16-20-4-5-20/h1-3,6-7,17-18,20,25,32H,4-5,8-16,19H2,(H,33,37)(H,34,40). The average molecular weight is 551 g/mol. The number of alkyl halides is 2. The van der Waals surface area contributed by atoms with E-state index in [4.69, 9.17) is 4.98 Å². The SMILES string of the molecule is O=C(NCC(c1cnc(N2CCNCC2)nc1)N1CCC(F)(F)CC1)c1cccc2nc(NCC3CC3)ccc12. The smallest absolute Gasteiger partial charge is 0.252 e. The van der Waals surface area contributed by atoms with Crippen LogP contribution in [0.25, 0.3) is 10.9 Å². The lowest BCUT2D eigenvalue weighted by Crippen LogP contribution is -2.45. The van der Waals surface area contributed by atoms with E-state index in [-0.39, 0.29) is 44.4 Å². The molecule has 4 heterocycles. The van der Waals surface area contributed by atoms with Gasteiger partial charge in [0.05, 0.1) is 11.6 Å². The van der Waals surface area contributed by atoms with Gasteiger partial charge in [-0.3, -0.25) is 9.69 Å². The molecule has 1 aliphatic carbocycles. The van der Waals surface area contributed by atoms with Crippen molar-refractivity contribution in [3.05, 3.63) is 53.9 Å². The molecule has 1 aromatic carbocycles. The van der Waals surface area contributed by atoms with Gasteiger partial charge in [-0.05, 0) is 43.0 Å². The van der Waals surface area contributed by atoms with Crippen molar-refractivity contribution in [1.29, 1.82) is 0 Å². The van der Waals surface area contributed by atoms with E-state index in [1.165, 1.54) is 12.8 Å². The Hall–Kier alpha value is -3.44. The molecule has 6 rings (SSSR count). The summed E-state index contributed by atoms with van der Waals surface area (Å²) in [5.74, 6) is -0.681. The first-order chi connectivity index (χ1) is 19.4. The van der Waals surface area contributed by atoms with E-state index in [1.807, 2.05) is 29.2 Å². The van der Waals surface area contributed by atoms with Gasteiger partial charge in [-0.2, -0.15) is 0 Å². The molecule has 2 saturated heterocycles. The lowest BCUT2D eigenvalue weighted by atomic mass is 10.0. The number of hydrogen-bond acceptors (Lipinski definition) is 8. The molecule has 1 amide bonds. The first-order valence-corrected chi connectivity index (χ1v) is 14.3. The van der Waals surface area contributed by atoms with E-state index in [9.17, 15) is 13.6 Å². The largest absolute Gasteiger partial charge is 0.370 e. The maximum atomic E-state index is 14.0. The van der Waals surface area contributed by atoms with Crippen molar-refractivity contribution in [2.75, 3.05) is 62.6 Å². The predicted octanol–water partition coefficient (Wildman–Crippen LogP) is 3.46. The van der Waals surface area contributed by atoms with Gasteiger partial charge in [0.25, 0.3) is 11.8 Å². The van der Waals surface area contributed by atoms with Gasteiger partial charge < -0.3 is 20.9 Å². The number of fused-ring (bicyclic) bond motifs is 1. The molecule has 212 valence electrons. The van der Waals surface area contributed by atoms with Gasteiger partial charge in [-0.1, -0.05) is 6.07 Å². The van der Waals surface area contributed by atoms with Crippen LogP contribution in [-0.2, 0) is 0 Å². The Balaban J connectivity index is 1.18. The van der Waals surface area contributed by atoms with Gasteiger partial charge in [-0.15, -0.1) is 0 Å². The van der Waals surface area contributed by atoms with Crippen LogP contribution in [0.5, 0.6) is 0 Å². The number of piperazine rings is 1. The maximum absolute atomic E-state index is 14.0. The summed E-state index contributed by atoms with van der Waals surface area (Å²) in [6.45, 7) is 5.07. The Morgan fingerprint density at radius 1 is 1.05 bits per heavy atom. The van der Waals surface area contributed by atoms with Crippen molar-refractivity contribution in [1.82, 2.24) is 30.5 Å². The third kappa shape index (κ3) is 6.31. The van der Waals surface area contributed by atoms with Gasteiger partial charge in [0.1, 0.15) is 5.82 Å². The summed E-state index contributed by atoms with van der Waals surface area (Å²) in [6, 6.07) is 9.06. The number of nitrogens with zero attached hydrogens (tertiary/aromatic N) is 5. The highest BCUT2D eigenvalue weighted by molar-refractivity contribution is 6.06. The quantitative estimate of drug-likeness (QED) is 0.373. The second-order valence-electron chi connectivity index (χ2n) is 11.1. The molecule has 2 aliphatic heterocycles. The van der Waals surface area contributed by atoms with Gasteiger partial charge in [0, 0.05) is 94.1 Å². The van der Waals surface area contributed by atoms with Crippen LogP contribution in [0, 0.1) is 5.92 Å². The number of likely N-dealkylation sites (tertiary alicyclic amines) is 1. The molecule has 1 saturated carbocycles. The third-order valence-electron chi connectivity index (χ3n) is 8.11. The van der Waals surface area contributed by atoms with Crippen LogP contribution >= 0.6 is 0 Å². The normalized spacial score (nSPS) is 20.3. The summed E-state index contributed by atoms with van der Waals surface area (Å²) >= 11 is 0. The van der Waals surface area contributed by atoms with Crippen molar-refractivity contribution >= 4 is 28.6 Å². The second-order valence-corrected chi connectivity index (χ2v) is 11.1. The summed E-state index contributed by atoms with van der Waals surface area (Å²) in [7, 11) is 0. The summed E-state index contributed by atoms with van der Waals surface area (Å²) in [4.78, 5) is 31.4. The molecule has 1 unspecified atom stereocenters. The minimum absolute atomic E-state index is 0.205. The van der Waals surface area contributed by atoms with E-state index < -0.39 is 5.92 Å². The zero-order chi connectivity index (χ0) is 27.5. The highest BCUT2D eigenvalue weighted by atomic mass is 19.3. The van der Waals surface area contributed by atoms with E-state index in [1.54, 1.807) is 18.5 Å². The van der Waals surface area contributed by atoms with Crippen molar-refractivity contribution in [2.24, 2.45) is 5.92 Å². The number of benzene rings is 1.